The lowest BCUT2D eigenvalue weighted by atomic mass is 10.2. The molecule has 8 nitrogen and oxygen atoms in total. The highest BCUT2D eigenvalue weighted by Crippen LogP contribution is 2.24. The summed E-state index contributed by atoms with van der Waals surface area (Å²) in [6, 6.07) is 10.1. The second-order valence-electron chi connectivity index (χ2n) is 7.32. The third-order valence-corrected chi connectivity index (χ3v) is 5.23. The molecule has 4 heterocycles. The number of likely N-dealkylation sites (tertiary alicyclic amines) is 1. The third-order valence-electron chi connectivity index (χ3n) is 5.23. The maximum Gasteiger partial charge on any atom is 0.191 e. The predicted molar refractivity (Wildman–Crippen MR) is 116 cm³/mol. The van der Waals surface area contributed by atoms with Crippen LogP contribution >= 0.6 is 0 Å². The zero-order valence-electron chi connectivity index (χ0n) is 17.4. The molecule has 0 radical (unpaired) electrons. The summed E-state index contributed by atoms with van der Waals surface area (Å²) < 4.78 is 7.47. The summed E-state index contributed by atoms with van der Waals surface area (Å²) in [5.41, 5.74) is 1.08. The van der Waals surface area contributed by atoms with Crippen LogP contribution in [0.4, 0.5) is 0 Å². The fourth-order valence-corrected chi connectivity index (χ4v) is 3.74. The number of guanidine groups is 1. The van der Waals surface area contributed by atoms with Crippen molar-refractivity contribution in [2.24, 2.45) is 4.99 Å². The summed E-state index contributed by atoms with van der Waals surface area (Å²) in [6.07, 6.45) is 9.66. The van der Waals surface area contributed by atoms with Crippen molar-refractivity contribution < 1.29 is 4.42 Å². The molecule has 1 fully saturated rings. The van der Waals surface area contributed by atoms with Crippen LogP contribution in [0.5, 0.6) is 0 Å². The lowest BCUT2D eigenvalue weighted by Crippen LogP contribution is -2.42. The molecule has 1 saturated heterocycles. The molecule has 158 valence electrons. The molecule has 30 heavy (non-hydrogen) atoms. The van der Waals surface area contributed by atoms with E-state index in [-0.39, 0.29) is 6.04 Å². The van der Waals surface area contributed by atoms with Crippen LogP contribution in [0.2, 0.25) is 0 Å². The largest absolute Gasteiger partial charge is 0.468 e. The van der Waals surface area contributed by atoms with Crippen molar-refractivity contribution in [1.29, 1.82) is 0 Å². The highest BCUT2D eigenvalue weighted by atomic mass is 16.3. The number of hydrogen-bond acceptors (Lipinski definition) is 5. The van der Waals surface area contributed by atoms with Crippen LogP contribution in [0.1, 0.15) is 37.1 Å². The lowest BCUT2D eigenvalue weighted by Gasteiger charge is -2.26. The number of nitrogens with zero attached hydrogens (tertiary/aromatic N) is 5. The van der Waals surface area contributed by atoms with Gasteiger partial charge in [-0.25, -0.2) is 14.7 Å². The van der Waals surface area contributed by atoms with Gasteiger partial charge in [0.2, 0.25) is 0 Å². The van der Waals surface area contributed by atoms with Crippen molar-refractivity contribution in [3.8, 4) is 5.82 Å². The van der Waals surface area contributed by atoms with Crippen LogP contribution in [0.15, 0.2) is 64.6 Å². The van der Waals surface area contributed by atoms with Crippen molar-refractivity contribution >= 4 is 5.96 Å². The lowest BCUT2D eigenvalue weighted by molar-refractivity contribution is 0.215. The van der Waals surface area contributed by atoms with E-state index in [1.165, 1.54) is 12.8 Å². The molecular formula is C22H29N7O. The first-order valence-electron chi connectivity index (χ1n) is 10.6. The van der Waals surface area contributed by atoms with E-state index in [4.69, 9.17) is 9.41 Å². The molecule has 1 atom stereocenters. The second kappa shape index (κ2) is 10.1. The van der Waals surface area contributed by atoms with Crippen molar-refractivity contribution in [2.45, 2.75) is 32.4 Å². The number of nitrogens with one attached hydrogen (secondary N) is 2. The smallest absolute Gasteiger partial charge is 0.191 e. The molecule has 0 saturated carbocycles. The van der Waals surface area contributed by atoms with Gasteiger partial charge in [0.25, 0.3) is 0 Å². The van der Waals surface area contributed by atoms with Gasteiger partial charge in [-0.1, -0.05) is 0 Å². The van der Waals surface area contributed by atoms with Gasteiger partial charge in [0.1, 0.15) is 5.76 Å². The van der Waals surface area contributed by atoms with Gasteiger partial charge >= 0.3 is 0 Å². The zero-order chi connectivity index (χ0) is 20.6. The van der Waals surface area contributed by atoms with Gasteiger partial charge < -0.3 is 15.1 Å². The fraction of sp³-hybridized carbons (Fsp3) is 0.409. The Morgan fingerprint density at radius 2 is 2.10 bits per heavy atom. The number of hydrogen-bond donors (Lipinski definition) is 2. The van der Waals surface area contributed by atoms with Crippen molar-refractivity contribution in [3.05, 3.63) is 66.5 Å². The predicted octanol–water partition coefficient (Wildman–Crippen LogP) is 2.75. The Labute approximate surface area is 177 Å². The quantitative estimate of drug-likeness (QED) is 0.441. The van der Waals surface area contributed by atoms with E-state index in [1.807, 2.05) is 30.5 Å². The Kier molecular flexibility index (Phi) is 6.76. The molecule has 0 bridgehead atoms. The molecule has 0 amide bonds. The van der Waals surface area contributed by atoms with E-state index in [0.717, 1.165) is 49.3 Å². The van der Waals surface area contributed by atoms with Gasteiger partial charge in [0, 0.05) is 31.7 Å². The Balaban J connectivity index is 1.43. The summed E-state index contributed by atoms with van der Waals surface area (Å²) in [4.78, 5) is 11.6. The molecule has 0 aromatic carbocycles. The molecule has 3 aromatic rings. The van der Waals surface area contributed by atoms with E-state index in [9.17, 15) is 0 Å². The molecule has 2 N–H and O–H groups in total. The van der Waals surface area contributed by atoms with Gasteiger partial charge in [0.05, 0.1) is 18.8 Å². The molecule has 0 spiro atoms. The van der Waals surface area contributed by atoms with Gasteiger partial charge in [-0.05, 0) is 68.8 Å². The average molecular weight is 408 g/mol. The molecule has 3 aromatic heterocycles. The Hall–Kier alpha value is -3.13. The number of pyridine rings is 1. The SMILES string of the molecule is CCNC(=NCc1ccnc(-n2cccn2)c1)NCC(c1ccco1)N1CCCC1. The monoisotopic (exact) mass is 407 g/mol. The second-order valence-corrected chi connectivity index (χ2v) is 7.32. The summed E-state index contributed by atoms with van der Waals surface area (Å²) in [5.74, 6) is 2.58. The van der Waals surface area contributed by atoms with E-state index in [1.54, 1.807) is 23.3 Å². The number of aliphatic imine (C=N–C) groups is 1. The third kappa shape index (κ3) is 5.07. The Bertz CT molecular complexity index is 915. The van der Waals surface area contributed by atoms with E-state index >= 15 is 0 Å². The first-order valence-corrected chi connectivity index (χ1v) is 10.6. The molecule has 4 rings (SSSR count). The standard InChI is InChI=1S/C22H29N7O/c1-2-23-22(25-16-18-8-10-24-21(15-18)29-13-6-9-27-29)26-17-19(20-7-5-14-30-20)28-11-3-4-12-28/h5-10,13-15,19H,2-4,11-12,16-17H2,1H3,(H2,23,25,26). The number of furan rings is 1. The molecule has 8 heteroatoms. The minimum absolute atomic E-state index is 0.207. The Morgan fingerprint density at radius 3 is 2.83 bits per heavy atom. The van der Waals surface area contributed by atoms with Crippen LogP contribution in [-0.2, 0) is 6.54 Å². The van der Waals surface area contributed by atoms with E-state index < -0.39 is 0 Å². The summed E-state index contributed by atoms with van der Waals surface area (Å²) in [5, 5.41) is 11.1. The topological polar surface area (TPSA) is 83.5 Å². The maximum absolute atomic E-state index is 5.72. The summed E-state index contributed by atoms with van der Waals surface area (Å²) in [7, 11) is 0. The zero-order valence-corrected chi connectivity index (χ0v) is 17.4. The minimum Gasteiger partial charge on any atom is -0.468 e. The van der Waals surface area contributed by atoms with Crippen molar-refractivity contribution in [1.82, 2.24) is 30.3 Å². The van der Waals surface area contributed by atoms with Crippen LogP contribution in [0.25, 0.3) is 5.82 Å². The molecule has 1 unspecified atom stereocenters. The van der Waals surface area contributed by atoms with Crippen molar-refractivity contribution in [3.63, 3.8) is 0 Å². The average Bonchev–Trinajstić information content (AvgIpc) is 3.56. The molecule has 0 aliphatic carbocycles. The van der Waals surface area contributed by atoms with Gasteiger partial charge in [0.15, 0.2) is 11.8 Å². The molecule has 1 aliphatic heterocycles. The van der Waals surface area contributed by atoms with Crippen LogP contribution in [0, 0.1) is 0 Å². The highest BCUT2D eigenvalue weighted by Gasteiger charge is 2.25. The normalized spacial score (nSPS) is 16.0. The summed E-state index contributed by atoms with van der Waals surface area (Å²) in [6.45, 7) is 6.39. The fourth-order valence-electron chi connectivity index (χ4n) is 3.74. The maximum atomic E-state index is 5.72. The Morgan fingerprint density at radius 1 is 1.20 bits per heavy atom. The van der Waals surface area contributed by atoms with Crippen molar-refractivity contribution in [2.75, 3.05) is 26.2 Å². The minimum atomic E-state index is 0.207. The van der Waals surface area contributed by atoms with Crippen LogP contribution < -0.4 is 10.6 Å². The van der Waals surface area contributed by atoms with Crippen LogP contribution in [0.3, 0.4) is 0 Å². The van der Waals surface area contributed by atoms with Gasteiger partial charge in [-0.15, -0.1) is 0 Å². The number of rotatable bonds is 8. The first-order chi connectivity index (χ1) is 14.8. The van der Waals surface area contributed by atoms with Crippen LogP contribution in [-0.4, -0.2) is 51.8 Å². The number of aromatic nitrogens is 3. The molecule has 1 aliphatic rings. The van der Waals surface area contributed by atoms with E-state index in [2.05, 4.69) is 38.6 Å². The van der Waals surface area contributed by atoms with Gasteiger partial charge in [-0.2, -0.15) is 5.10 Å². The van der Waals surface area contributed by atoms with E-state index in [0.29, 0.717) is 6.54 Å². The summed E-state index contributed by atoms with van der Waals surface area (Å²) >= 11 is 0. The highest BCUT2D eigenvalue weighted by molar-refractivity contribution is 5.79. The first kappa shape index (κ1) is 20.2. The molecular weight excluding hydrogens is 378 g/mol. The van der Waals surface area contributed by atoms with Gasteiger partial charge in [-0.3, -0.25) is 4.90 Å².